The van der Waals surface area contributed by atoms with Crippen LogP contribution in [-0.2, 0) is 3.63 Å². The molecule has 0 atom stereocenters. The number of rotatable bonds is 4. The molecule has 0 bridgehead atoms. The Morgan fingerprint density at radius 3 is 1.38 bits per heavy atom. The normalized spacial score (nSPS) is 10.4. The average molecular weight is 359 g/mol. The fourth-order valence-electron chi connectivity index (χ4n) is 1.35. The van der Waals surface area contributed by atoms with Gasteiger partial charge in [0.15, 0.2) is 0 Å². The Labute approximate surface area is 140 Å². The summed E-state index contributed by atoms with van der Waals surface area (Å²) in [5, 5.41) is 0.487. The molecule has 0 unspecified atom stereocenters. The zero-order valence-electron chi connectivity index (χ0n) is 10.4. The lowest BCUT2D eigenvalue weighted by atomic mass is 10.2. The van der Waals surface area contributed by atoms with E-state index in [0.717, 1.165) is 0 Å². The minimum atomic E-state index is -0.303. The van der Waals surface area contributed by atoms with Crippen molar-refractivity contribution >= 4 is 57.5 Å². The first-order valence-corrected chi connectivity index (χ1v) is 7.91. The van der Waals surface area contributed by atoms with Crippen LogP contribution >= 0.6 is 47.3 Å². The second-order valence-corrected chi connectivity index (χ2v) is 6.32. The average Bonchev–Trinajstić information content (AvgIpc) is 2.48. The molecule has 0 saturated carbocycles. The molecule has 0 radical (unpaired) electrons. The smallest absolute Gasteiger partial charge is 0.247 e. The maximum absolute atomic E-state index is 11.8. The molecule has 0 spiro atoms. The number of hydrogen-bond donors (Lipinski definition) is 0. The largest absolute Gasteiger partial charge is 0.279 e. The van der Waals surface area contributed by atoms with Gasteiger partial charge in [0.2, 0.25) is 10.2 Å². The molecule has 0 heterocycles. The summed E-state index contributed by atoms with van der Waals surface area (Å²) in [6.45, 7) is 0. The monoisotopic (exact) mass is 358 g/mol. The van der Waals surface area contributed by atoms with E-state index in [2.05, 4.69) is 0 Å². The molecule has 108 valence electrons. The maximum atomic E-state index is 11.8. The summed E-state index contributed by atoms with van der Waals surface area (Å²) in [7, 11) is 0. The van der Waals surface area contributed by atoms with Crippen LogP contribution in [-0.4, -0.2) is 10.2 Å². The Morgan fingerprint density at radius 1 is 0.714 bits per heavy atom. The minimum Gasteiger partial charge on any atom is -0.279 e. The quantitative estimate of drug-likeness (QED) is 0.694. The number of benzene rings is 2. The zero-order chi connectivity index (χ0) is 15.2. The first-order valence-electron chi connectivity index (χ1n) is 5.67. The summed E-state index contributed by atoms with van der Waals surface area (Å²) in [5.41, 5.74) is 0.896. The third kappa shape index (κ3) is 5.05. The molecule has 21 heavy (non-hydrogen) atoms. The van der Waals surface area contributed by atoms with Crippen LogP contribution < -0.4 is 0 Å². The van der Waals surface area contributed by atoms with Crippen LogP contribution in [0.2, 0.25) is 10.0 Å². The van der Waals surface area contributed by atoms with Gasteiger partial charge in [0.05, 0.1) is 24.1 Å². The van der Waals surface area contributed by atoms with Crippen molar-refractivity contribution in [2.45, 2.75) is 0 Å². The lowest BCUT2D eigenvalue weighted by Crippen LogP contribution is -1.95. The van der Waals surface area contributed by atoms with Gasteiger partial charge in [0.1, 0.15) is 0 Å². The van der Waals surface area contributed by atoms with Gasteiger partial charge in [-0.2, -0.15) is 0 Å². The number of carbonyl (C=O) groups excluding carboxylic acids is 2. The first kappa shape index (κ1) is 16.4. The van der Waals surface area contributed by atoms with E-state index in [9.17, 15) is 9.59 Å². The van der Waals surface area contributed by atoms with E-state index in [1.807, 2.05) is 0 Å². The van der Waals surface area contributed by atoms with Crippen LogP contribution in [0, 0.1) is 0 Å². The number of carbonyl (C=O) groups is 2. The maximum Gasteiger partial charge on any atom is 0.247 e. The molecule has 0 aliphatic carbocycles. The highest BCUT2D eigenvalue weighted by Gasteiger charge is 2.12. The van der Waals surface area contributed by atoms with Gasteiger partial charge in [0.25, 0.3) is 0 Å². The van der Waals surface area contributed by atoms with Crippen molar-refractivity contribution in [3.8, 4) is 0 Å². The molecule has 0 amide bonds. The van der Waals surface area contributed by atoms with Gasteiger partial charge in [0, 0.05) is 21.2 Å². The third-order valence-corrected chi connectivity index (χ3v) is 4.20. The van der Waals surface area contributed by atoms with Gasteiger partial charge in [-0.15, -0.1) is 0 Å². The Hall–Kier alpha value is -0.980. The molecule has 2 aromatic carbocycles. The van der Waals surface area contributed by atoms with Crippen LogP contribution in [0.5, 0.6) is 0 Å². The second-order valence-electron chi connectivity index (χ2n) is 3.82. The van der Waals surface area contributed by atoms with Crippen molar-refractivity contribution in [3.05, 3.63) is 69.7 Å². The minimum absolute atomic E-state index is 0.303. The molecular weight excluding hydrogens is 351 g/mol. The summed E-state index contributed by atoms with van der Waals surface area (Å²) in [4.78, 5) is 23.5. The standard InChI is InChI=1S/C14H8Cl2O3S2/c15-11-5-1-9(2-6-11)13(17)20-19-21-14(18)10-3-7-12(16)8-4-10/h1-8H. The van der Waals surface area contributed by atoms with E-state index in [0.29, 0.717) is 45.3 Å². The zero-order valence-corrected chi connectivity index (χ0v) is 13.6. The van der Waals surface area contributed by atoms with Gasteiger partial charge in [-0.1, -0.05) is 23.2 Å². The third-order valence-electron chi connectivity index (χ3n) is 2.38. The Kier molecular flexibility index (Phi) is 6.14. The lowest BCUT2D eigenvalue weighted by Gasteiger charge is -2.01. The van der Waals surface area contributed by atoms with Gasteiger partial charge >= 0.3 is 0 Å². The summed E-state index contributed by atoms with van der Waals surface area (Å²) in [6, 6.07) is 12.8. The fourth-order valence-corrected chi connectivity index (χ4v) is 2.69. The highest BCUT2D eigenvalue weighted by molar-refractivity contribution is 8.22. The van der Waals surface area contributed by atoms with Crippen molar-refractivity contribution in [1.29, 1.82) is 0 Å². The van der Waals surface area contributed by atoms with Gasteiger partial charge in [-0.3, -0.25) is 9.59 Å². The van der Waals surface area contributed by atoms with E-state index in [1.165, 1.54) is 0 Å². The molecule has 7 heteroatoms. The van der Waals surface area contributed by atoms with Gasteiger partial charge in [-0.25, -0.2) is 3.63 Å². The van der Waals surface area contributed by atoms with Crippen LogP contribution in [0.15, 0.2) is 48.5 Å². The summed E-state index contributed by atoms with van der Waals surface area (Å²) in [6.07, 6.45) is 0. The fraction of sp³-hybridized carbons (Fsp3) is 0. The van der Waals surface area contributed by atoms with E-state index in [-0.39, 0.29) is 10.2 Å². The summed E-state index contributed by atoms with van der Waals surface area (Å²) in [5.74, 6) is 0. The van der Waals surface area contributed by atoms with Crippen LogP contribution in [0.4, 0.5) is 0 Å². The van der Waals surface area contributed by atoms with Crippen LogP contribution in [0.3, 0.4) is 0 Å². The predicted molar refractivity (Wildman–Crippen MR) is 87.8 cm³/mol. The molecule has 0 aliphatic heterocycles. The molecule has 3 nitrogen and oxygen atoms in total. The molecular formula is C14H8Cl2O3S2. The van der Waals surface area contributed by atoms with E-state index >= 15 is 0 Å². The number of halogens is 2. The van der Waals surface area contributed by atoms with Crippen LogP contribution in [0.1, 0.15) is 20.7 Å². The van der Waals surface area contributed by atoms with Crippen molar-refractivity contribution in [1.82, 2.24) is 0 Å². The van der Waals surface area contributed by atoms with Gasteiger partial charge in [-0.05, 0) is 48.5 Å². The molecule has 2 aromatic rings. The van der Waals surface area contributed by atoms with Crippen molar-refractivity contribution < 1.29 is 13.2 Å². The van der Waals surface area contributed by atoms with Crippen molar-refractivity contribution in [2.24, 2.45) is 0 Å². The Bertz CT molecular complexity index is 585. The SMILES string of the molecule is O=C(SOSC(=O)c1ccc(Cl)cc1)c1ccc(Cl)cc1. The highest BCUT2D eigenvalue weighted by atomic mass is 35.5. The topological polar surface area (TPSA) is 43.4 Å². The van der Waals surface area contributed by atoms with E-state index in [4.69, 9.17) is 26.8 Å². The molecule has 0 aliphatic rings. The van der Waals surface area contributed by atoms with Crippen LogP contribution in [0.25, 0.3) is 0 Å². The predicted octanol–water partition coefficient (Wildman–Crippen LogP) is 5.29. The van der Waals surface area contributed by atoms with Gasteiger partial charge < -0.3 is 0 Å². The Morgan fingerprint density at radius 2 is 1.05 bits per heavy atom. The van der Waals surface area contributed by atoms with E-state index < -0.39 is 0 Å². The first-order chi connectivity index (χ1) is 10.1. The molecule has 0 aromatic heterocycles. The van der Waals surface area contributed by atoms with Crippen molar-refractivity contribution in [3.63, 3.8) is 0 Å². The van der Waals surface area contributed by atoms with Crippen molar-refractivity contribution in [2.75, 3.05) is 0 Å². The number of hydrogen-bond acceptors (Lipinski definition) is 5. The summed E-state index contributed by atoms with van der Waals surface area (Å²) < 4.78 is 4.99. The molecule has 0 saturated heterocycles. The molecule has 0 N–H and O–H groups in total. The molecule has 0 fully saturated rings. The highest BCUT2D eigenvalue weighted by Crippen LogP contribution is 2.24. The Balaban J connectivity index is 1.83. The lowest BCUT2D eigenvalue weighted by molar-refractivity contribution is 0.108. The summed E-state index contributed by atoms with van der Waals surface area (Å²) >= 11 is 12.7. The second kappa shape index (κ2) is 7.87. The van der Waals surface area contributed by atoms with E-state index in [1.54, 1.807) is 48.5 Å². The molecule has 2 rings (SSSR count).